The summed E-state index contributed by atoms with van der Waals surface area (Å²) < 4.78 is 2.14. The van der Waals surface area contributed by atoms with E-state index in [1.807, 2.05) is 48.7 Å². The minimum atomic E-state index is 0.00284. The quantitative estimate of drug-likeness (QED) is 0.664. The van der Waals surface area contributed by atoms with Gasteiger partial charge in [0.15, 0.2) is 0 Å². The molecule has 1 aliphatic heterocycles. The standard InChI is InChI=1S/C23H26ClN3O/c24-19-10-8-18(9-11-19)16-27-17-21(20-6-2-3-7-22(20)27)23(28)25-12-15-26-13-4-1-5-14-26/h2-3,6-11,17H,1,4-5,12-16H2,(H,25,28). The summed E-state index contributed by atoms with van der Waals surface area (Å²) in [6.07, 6.45) is 5.84. The number of amides is 1. The maximum atomic E-state index is 12.9. The van der Waals surface area contributed by atoms with E-state index in [0.717, 1.165) is 46.7 Å². The van der Waals surface area contributed by atoms with Gasteiger partial charge in [-0.3, -0.25) is 4.79 Å². The second-order valence-electron chi connectivity index (χ2n) is 7.47. The number of nitrogens with zero attached hydrogens (tertiary/aromatic N) is 2. The number of fused-ring (bicyclic) bond motifs is 1. The van der Waals surface area contributed by atoms with Gasteiger partial charge in [-0.1, -0.05) is 48.4 Å². The Balaban J connectivity index is 1.48. The molecule has 1 amide bonds. The van der Waals surface area contributed by atoms with Gasteiger partial charge in [-0.05, 0) is 49.7 Å². The summed E-state index contributed by atoms with van der Waals surface area (Å²) in [5.74, 6) is 0.00284. The Morgan fingerprint density at radius 2 is 1.75 bits per heavy atom. The molecule has 3 aromatic rings. The van der Waals surface area contributed by atoms with E-state index < -0.39 is 0 Å². The Morgan fingerprint density at radius 3 is 2.54 bits per heavy atom. The molecule has 0 atom stereocenters. The first-order valence-electron chi connectivity index (χ1n) is 10.0. The molecule has 1 saturated heterocycles. The minimum absolute atomic E-state index is 0.00284. The second kappa shape index (κ2) is 8.80. The van der Waals surface area contributed by atoms with Crippen LogP contribution >= 0.6 is 11.6 Å². The van der Waals surface area contributed by atoms with Crippen molar-refractivity contribution in [2.45, 2.75) is 25.8 Å². The van der Waals surface area contributed by atoms with E-state index in [-0.39, 0.29) is 5.91 Å². The molecule has 1 aliphatic rings. The van der Waals surface area contributed by atoms with E-state index in [4.69, 9.17) is 11.6 Å². The molecular weight excluding hydrogens is 370 g/mol. The molecular formula is C23H26ClN3O. The summed E-state index contributed by atoms with van der Waals surface area (Å²) in [6, 6.07) is 15.9. The molecule has 2 aromatic carbocycles. The average Bonchev–Trinajstić information content (AvgIpc) is 3.09. The van der Waals surface area contributed by atoms with Crippen LogP contribution in [0.25, 0.3) is 10.9 Å². The minimum Gasteiger partial charge on any atom is -0.351 e. The maximum absolute atomic E-state index is 12.9. The van der Waals surface area contributed by atoms with Crippen LogP contribution in [0.15, 0.2) is 54.7 Å². The molecule has 0 unspecified atom stereocenters. The maximum Gasteiger partial charge on any atom is 0.253 e. The number of para-hydroxylation sites is 1. The zero-order valence-electron chi connectivity index (χ0n) is 16.0. The average molecular weight is 396 g/mol. The Bertz CT molecular complexity index is 942. The summed E-state index contributed by atoms with van der Waals surface area (Å²) in [5, 5.41) is 4.84. The third-order valence-electron chi connectivity index (χ3n) is 5.46. The molecule has 146 valence electrons. The molecule has 2 heterocycles. The molecule has 0 radical (unpaired) electrons. The fourth-order valence-electron chi connectivity index (χ4n) is 3.95. The molecule has 0 bridgehead atoms. The van der Waals surface area contributed by atoms with E-state index >= 15 is 0 Å². The smallest absolute Gasteiger partial charge is 0.253 e. The Kier molecular flexibility index (Phi) is 5.98. The van der Waals surface area contributed by atoms with Crippen molar-refractivity contribution in [1.82, 2.24) is 14.8 Å². The molecule has 0 spiro atoms. The number of likely N-dealkylation sites (tertiary alicyclic amines) is 1. The molecule has 0 aliphatic carbocycles. The lowest BCUT2D eigenvalue weighted by Crippen LogP contribution is -2.37. The molecule has 5 heteroatoms. The van der Waals surface area contributed by atoms with Gasteiger partial charge in [0.2, 0.25) is 0 Å². The normalized spacial score (nSPS) is 15.0. The van der Waals surface area contributed by atoms with Crippen molar-refractivity contribution in [2.75, 3.05) is 26.2 Å². The number of carbonyl (C=O) groups excluding carboxylic acids is 1. The third kappa shape index (κ3) is 4.40. The number of piperidine rings is 1. The molecule has 4 rings (SSSR count). The van der Waals surface area contributed by atoms with Crippen molar-refractivity contribution in [3.63, 3.8) is 0 Å². The summed E-state index contributed by atoms with van der Waals surface area (Å²) in [6.45, 7) is 4.62. The van der Waals surface area contributed by atoms with E-state index in [9.17, 15) is 4.79 Å². The number of nitrogens with one attached hydrogen (secondary N) is 1. The lowest BCUT2D eigenvalue weighted by atomic mass is 10.1. The fraction of sp³-hybridized carbons (Fsp3) is 0.348. The topological polar surface area (TPSA) is 37.3 Å². The van der Waals surface area contributed by atoms with Crippen LogP contribution in [0.2, 0.25) is 5.02 Å². The lowest BCUT2D eigenvalue weighted by molar-refractivity contribution is 0.0948. The second-order valence-corrected chi connectivity index (χ2v) is 7.91. The van der Waals surface area contributed by atoms with Crippen molar-refractivity contribution in [3.05, 3.63) is 70.9 Å². The van der Waals surface area contributed by atoms with Gasteiger partial charge in [0.05, 0.1) is 5.56 Å². The number of aromatic nitrogens is 1. The first-order chi connectivity index (χ1) is 13.7. The van der Waals surface area contributed by atoms with Gasteiger partial charge >= 0.3 is 0 Å². The summed E-state index contributed by atoms with van der Waals surface area (Å²) >= 11 is 6.00. The van der Waals surface area contributed by atoms with Gasteiger partial charge in [-0.2, -0.15) is 0 Å². The summed E-state index contributed by atoms with van der Waals surface area (Å²) in [4.78, 5) is 15.3. The van der Waals surface area contributed by atoms with Crippen molar-refractivity contribution >= 4 is 28.4 Å². The van der Waals surface area contributed by atoms with Gasteiger partial charge in [0.25, 0.3) is 5.91 Å². The first-order valence-corrected chi connectivity index (χ1v) is 10.4. The zero-order valence-corrected chi connectivity index (χ0v) is 16.8. The molecule has 4 nitrogen and oxygen atoms in total. The highest BCUT2D eigenvalue weighted by Gasteiger charge is 2.16. The van der Waals surface area contributed by atoms with Gasteiger partial charge in [0.1, 0.15) is 0 Å². The van der Waals surface area contributed by atoms with Crippen molar-refractivity contribution in [1.29, 1.82) is 0 Å². The number of benzene rings is 2. The Labute approximate surface area is 171 Å². The van der Waals surface area contributed by atoms with Crippen LogP contribution in [0, 0.1) is 0 Å². The summed E-state index contributed by atoms with van der Waals surface area (Å²) in [5.41, 5.74) is 2.96. The highest BCUT2D eigenvalue weighted by Crippen LogP contribution is 2.23. The van der Waals surface area contributed by atoms with Crippen molar-refractivity contribution in [2.24, 2.45) is 0 Å². The van der Waals surface area contributed by atoms with E-state index in [1.165, 1.54) is 19.3 Å². The molecule has 1 N–H and O–H groups in total. The molecule has 1 aromatic heterocycles. The molecule has 0 saturated carbocycles. The number of hydrogen-bond donors (Lipinski definition) is 1. The van der Waals surface area contributed by atoms with Gasteiger partial charge in [-0.15, -0.1) is 0 Å². The van der Waals surface area contributed by atoms with Crippen LogP contribution in [-0.2, 0) is 6.54 Å². The zero-order chi connectivity index (χ0) is 19.3. The van der Waals surface area contributed by atoms with Gasteiger partial charge in [0, 0.05) is 41.8 Å². The van der Waals surface area contributed by atoms with E-state index in [1.54, 1.807) is 0 Å². The highest BCUT2D eigenvalue weighted by molar-refractivity contribution is 6.30. The predicted molar refractivity (Wildman–Crippen MR) is 115 cm³/mol. The Morgan fingerprint density at radius 1 is 1.00 bits per heavy atom. The SMILES string of the molecule is O=C(NCCN1CCCCC1)c1cn(Cc2ccc(Cl)cc2)c2ccccc12. The van der Waals surface area contributed by atoms with E-state index in [2.05, 4.69) is 20.9 Å². The van der Waals surface area contributed by atoms with Crippen molar-refractivity contribution < 1.29 is 4.79 Å². The van der Waals surface area contributed by atoms with Crippen LogP contribution in [0.1, 0.15) is 35.2 Å². The Hall–Kier alpha value is -2.30. The molecule has 28 heavy (non-hydrogen) atoms. The highest BCUT2D eigenvalue weighted by atomic mass is 35.5. The third-order valence-corrected chi connectivity index (χ3v) is 5.71. The number of hydrogen-bond acceptors (Lipinski definition) is 2. The van der Waals surface area contributed by atoms with Crippen LogP contribution in [0.3, 0.4) is 0 Å². The fourth-order valence-corrected chi connectivity index (χ4v) is 4.08. The van der Waals surface area contributed by atoms with Gasteiger partial charge in [-0.25, -0.2) is 0 Å². The number of carbonyl (C=O) groups is 1. The summed E-state index contributed by atoms with van der Waals surface area (Å²) in [7, 11) is 0. The van der Waals surface area contributed by atoms with Crippen LogP contribution in [0.4, 0.5) is 0 Å². The van der Waals surface area contributed by atoms with Gasteiger partial charge < -0.3 is 14.8 Å². The molecule has 1 fully saturated rings. The largest absolute Gasteiger partial charge is 0.351 e. The monoisotopic (exact) mass is 395 g/mol. The predicted octanol–water partition coefficient (Wildman–Crippen LogP) is 4.56. The number of rotatable bonds is 6. The lowest BCUT2D eigenvalue weighted by Gasteiger charge is -2.26. The van der Waals surface area contributed by atoms with Crippen LogP contribution in [0.5, 0.6) is 0 Å². The number of halogens is 1. The van der Waals surface area contributed by atoms with Crippen LogP contribution < -0.4 is 5.32 Å². The first kappa shape index (κ1) is 19.0. The van der Waals surface area contributed by atoms with Crippen LogP contribution in [-0.4, -0.2) is 41.6 Å². The van der Waals surface area contributed by atoms with Crippen molar-refractivity contribution in [3.8, 4) is 0 Å². The van der Waals surface area contributed by atoms with E-state index in [0.29, 0.717) is 13.1 Å².